The Morgan fingerprint density at radius 2 is 1.71 bits per heavy atom. The van der Waals surface area contributed by atoms with Crippen molar-refractivity contribution in [3.8, 4) is 0 Å². The molecule has 1 aromatic heterocycles. The summed E-state index contributed by atoms with van der Waals surface area (Å²) >= 11 is 0.638. The number of benzene rings is 1. The Kier molecular flexibility index (Phi) is 7.93. The fourth-order valence-corrected chi connectivity index (χ4v) is 6.47. The van der Waals surface area contributed by atoms with Crippen molar-refractivity contribution in [2.24, 2.45) is 5.92 Å². The van der Waals surface area contributed by atoms with Crippen molar-refractivity contribution in [3.63, 3.8) is 0 Å². The molecule has 190 valence electrons. The van der Waals surface area contributed by atoms with Gasteiger partial charge in [-0.25, -0.2) is 21.6 Å². The molecular formula is C20H23N3O9S3. The van der Waals surface area contributed by atoms with E-state index >= 15 is 0 Å². The molecule has 2 heterocycles. The van der Waals surface area contributed by atoms with Gasteiger partial charge in [-0.1, -0.05) is 0 Å². The third-order valence-electron chi connectivity index (χ3n) is 5.35. The number of hydrogen-bond acceptors (Lipinski definition) is 10. The zero-order valence-corrected chi connectivity index (χ0v) is 21.2. The lowest BCUT2D eigenvalue weighted by atomic mass is 9.97. The van der Waals surface area contributed by atoms with Crippen molar-refractivity contribution in [2.75, 3.05) is 31.3 Å². The van der Waals surface area contributed by atoms with Gasteiger partial charge in [0.25, 0.3) is 0 Å². The molecule has 2 aromatic rings. The fourth-order valence-electron chi connectivity index (χ4n) is 3.50. The van der Waals surface area contributed by atoms with Crippen LogP contribution < -0.4 is 5.32 Å². The molecule has 1 aliphatic heterocycles. The van der Waals surface area contributed by atoms with Crippen LogP contribution in [-0.4, -0.2) is 63.9 Å². The van der Waals surface area contributed by atoms with Gasteiger partial charge >= 0.3 is 11.0 Å². The highest BCUT2D eigenvalue weighted by atomic mass is 32.2. The normalized spacial score (nSPS) is 15.5. The van der Waals surface area contributed by atoms with E-state index in [0.717, 1.165) is 12.3 Å². The fraction of sp³-hybridized carbons (Fsp3) is 0.400. The maximum Gasteiger partial charge on any atom is 0.341 e. The Balaban J connectivity index is 1.68. The molecule has 1 N–H and O–H groups in total. The molecular weight excluding hydrogens is 522 g/mol. The van der Waals surface area contributed by atoms with Crippen LogP contribution in [0.4, 0.5) is 10.0 Å². The number of carbonyl (C=O) groups is 2. The number of nitro groups is 1. The van der Waals surface area contributed by atoms with E-state index in [1.807, 2.05) is 0 Å². The van der Waals surface area contributed by atoms with E-state index in [-0.39, 0.29) is 57.9 Å². The van der Waals surface area contributed by atoms with Crippen molar-refractivity contribution < 1.29 is 36.1 Å². The number of sulfonamides is 1. The molecule has 1 aromatic carbocycles. The molecule has 0 aliphatic carbocycles. The van der Waals surface area contributed by atoms with E-state index in [9.17, 15) is 36.5 Å². The molecule has 0 spiro atoms. The number of nitrogens with zero attached hydrogens (tertiary/aromatic N) is 2. The van der Waals surface area contributed by atoms with Gasteiger partial charge in [-0.3, -0.25) is 14.9 Å². The number of nitrogens with one attached hydrogen (secondary N) is 1. The minimum Gasteiger partial charge on any atom is -0.462 e. The molecule has 0 radical (unpaired) electrons. The monoisotopic (exact) mass is 545 g/mol. The maximum atomic E-state index is 12.9. The van der Waals surface area contributed by atoms with Gasteiger partial charge in [0.1, 0.15) is 10.6 Å². The molecule has 0 unspecified atom stereocenters. The van der Waals surface area contributed by atoms with Crippen molar-refractivity contribution >= 4 is 53.1 Å². The number of thiophene rings is 1. The lowest BCUT2D eigenvalue weighted by molar-refractivity contribution is -0.380. The summed E-state index contributed by atoms with van der Waals surface area (Å²) in [5.74, 6) is -1.86. The molecule has 0 atom stereocenters. The van der Waals surface area contributed by atoms with Crippen LogP contribution in [0.1, 0.15) is 30.1 Å². The summed E-state index contributed by atoms with van der Waals surface area (Å²) in [7, 11) is -7.36. The van der Waals surface area contributed by atoms with E-state index < -0.39 is 42.6 Å². The van der Waals surface area contributed by atoms with Gasteiger partial charge in [0, 0.05) is 31.3 Å². The summed E-state index contributed by atoms with van der Waals surface area (Å²) in [6.07, 6.45) is 1.40. The molecule has 0 bridgehead atoms. The van der Waals surface area contributed by atoms with Crippen LogP contribution in [0.25, 0.3) is 0 Å². The van der Waals surface area contributed by atoms with Gasteiger partial charge in [0.2, 0.25) is 15.9 Å². The van der Waals surface area contributed by atoms with Gasteiger partial charge < -0.3 is 10.1 Å². The van der Waals surface area contributed by atoms with Crippen LogP contribution in [0.15, 0.2) is 40.1 Å². The van der Waals surface area contributed by atoms with Crippen LogP contribution in [0.2, 0.25) is 0 Å². The molecule has 0 saturated carbocycles. The van der Waals surface area contributed by atoms with E-state index in [4.69, 9.17) is 4.74 Å². The highest BCUT2D eigenvalue weighted by Gasteiger charge is 2.33. The number of sulfone groups is 1. The van der Waals surface area contributed by atoms with Crippen molar-refractivity contribution in [3.05, 3.63) is 46.0 Å². The molecule has 1 fully saturated rings. The predicted octanol–water partition coefficient (Wildman–Crippen LogP) is 2.28. The van der Waals surface area contributed by atoms with Crippen LogP contribution in [-0.2, 0) is 29.4 Å². The van der Waals surface area contributed by atoms with Gasteiger partial charge in [-0.2, -0.15) is 4.31 Å². The second kappa shape index (κ2) is 10.4. The third-order valence-corrected chi connectivity index (χ3v) is 9.39. The number of hydrogen-bond donors (Lipinski definition) is 1. The van der Waals surface area contributed by atoms with E-state index in [0.29, 0.717) is 11.3 Å². The molecule has 1 amide bonds. The summed E-state index contributed by atoms with van der Waals surface area (Å²) in [5.41, 5.74) is -0.116. The third kappa shape index (κ3) is 6.04. The number of carbonyl (C=O) groups excluding carboxylic acids is 2. The number of anilines is 1. The average Bonchev–Trinajstić information content (AvgIpc) is 3.23. The highest BCUT2D eigenvalue weighted by Crippen LogP contribution is 2.35. The molecule has 35 heavy (non-hydrogen) atoms. The highest BCUT2D eigenvalue weighted by molar-refractivity contribution is 7.90. The summed E-state index contributed by atoms with van der Waals surface area (Å²) in [6, 6.07) is 5.95. The van der Waals surface area contributed by atoms with Crippen molar-refractivity contribution in [1.82, 2.24) is 4.31 Å². The van der Waals surface area contributed by atoms with Gasteiger partial charge in [0.05, 0.1) is 21.3 Å². The van der Waals surface area contributed by atoms with Crippen LogP contribution >= 0.6 is 11.3 Å². The zero-order chi connectivity index (χ0) is 26.0. The van der Waals surface area contributed by atoms with Gasteiger partial charge in [-0.05, 0) is 55.4 Å². The summed E-state index contributed by atoms with van der Waals surface area (Å²) in [6.45, 7) is 1.73. The molecule has 12 nitrogen and oxygen atoms in total. The van der Waals surface area contributed by atoms with Crippen LogP contribution in [0, 0.1) is 16.0 Å². The van der Waals surface area contributed by atoms with Crippen LogP contribution in [0.3, 0.4) is 0 Å². The summed E-state index contributed by atoms with van der Waals surface area (Å²) in [4.78, 5) is 35.3. The van der Waals surface area contributed by atoms with Crippen molar-refractivity contribution in [1.29, 1.82) is 0 Å². The molecule has 1 saturated heterocycles. The first kappa shape index (κ1) is 26.7. The largest absolute Gasteiger partial charge is 0.462 e. The average molecular weight is 546 g/mol. The predicted molar refractivity (Wildman–Crippen MR) is 127 cm³/mol. The second-order valence-corrected chi connectivity index (χ2v) is 12.7. The first-order valence-electron chi connectivity index (χ1n) is 10.4. The number of rotatable bonds is 8. The maximum absolute atomic E-state index is 12.9. The number of piperidine rings is 1. The number of ether oxygens (including phenoxy) is 1. The number of amides is 1. The molecule has 1 aliphatic rings. The minimum atomic E-state index is -3.89. The Morgan fingerprint density at radius 1 is 1.14 bits per heavy atom. The van der Waals surface area contributed by atoms with Crippen molar-refractivity contribution in [2.45, 2.75) is 29.6 Å². The Bertz CT molecular complexity index is 1340. The minimum absolute atomic E-state index is 0.00108. The van der Waals surface area contributed by atoms with Gasteiger partial charge in [0.15, 0.2) is 9.84 Å². The van der Waals surface area contributed by atoms with Crippen LogP contribution in [0.5, 0.6) is 0 Å². The topological polar surface area (TPSA) is 170 Å². The lowest BCUT2D eigenvalue weighted by Crippen LogP contribution is -2.41. The lowest BCUT2D eigenvalue weighted by Gasteiger charge is -2.30. The zero-order valence-electron chi connectivity index (χ0n) is 18.8. The van der Waals surface area contributed by atoms with E-state index in [1.165, 1.54) is 28.6 Å². The Hall–Kier alpha value is -2.88. The molecule has 15 heteroatoms. The first-order valence-corrected chi connectivity index (χ1v) is 14.6. The Morgan fingerprint density at radius 3 is 2.23 bits per heavy atom. The smallest absolute Gasteiger partial charge is 0.341 e. The second-order valence-electron chi connectivity index (χ2n) is 7.72. The summed E-state index contributed by atoms with van der Waals surface area (Å²) < 4.78 is 55.2. The van der Waals surface area contributed by atoms with Gasteiger partial charge in [-0.15, -0.1) is 0 Å². The number of esters is 1. The quantitative estimate of drug-likeness (QED) is 0.297. The SMILES string of the molecule is CCOC(=O)c1cc([N+](=O)[O-])sc1NC(=O)C1CCN(S(=O)(=O)c2ccc(S(C)(=O)=O)cc2)CC1. The Labute approximate surface area is 206 Å². The van der Waals surface area contributed by atoms with E-state index in [1.54, 1.807) is 6.92 Å². The summed E-state index contributed by atoms with van der Waals surface area (Å²) in [5, 5.41) is 13.3. The molecule has 3 rings (SSSR count). The van der Waals surface area contributed by atoms with E-state index in [2.05, 4.69) is 5.32 Å². The standard InChI is InChI=1S/C20H23N3O9S3/c1-3-32-20(25)16-12-17(23(26)27)33-19(16)21-18(24)13-8-10-22(11-9-13)35(30,31)15-6-4-14(5-7-15)34(2,28)29/h4-7,12-13H,3,8-11H2,1-2H3,(H,21,24). The first-order chi connectivity index (χ1) is 16.3.